The number of rotatable bonds is 5. The molecule has 0 N–H and O–H groups in total. The summed E-state index contributed by atoms with van der Waals surface area (Å²) in [6, 6.07) is 5.23. The molecule has 0 radical (unpaired) electrons. The first-order chi connectivity index (χ1) is 21.0. The van der Waals surface area contributed by atoms with E-state index in [0.29, 0.717) is 20.3 Å². The van der Waals surface area contributed by atoms with Crippen LogP contribution in [0.1, 0.15) is 19.4 Å². The quantitative estimate of drug-likeness (QED) is 0.250. The Morgan fingerprint density at radius 1 is 1.20 bits per heavy atom. The average Bonchev–Trinajstić information content (AvgIpc) is 3.31. The highest BCUT2D eigenvalue weighted by Crippen LogP contribution is 2.50. The first-order valence-electron chi connectivity index (χ1n) is 13.7. The molecule has 1 saturated heterocycles. The van der Waals surface area contributed by atoms with E-state index in [1.807, 2.05) is 13.8 Å². The van der Waals surface area contributed by atoms with Crippen LogP contribution in [0.15, 0.2) is 58.2 Å². The Hall–Kier alpha value is -3.62. The normalized spacial score (nSPS) is 20.5. The predicted octanol–water partition coefficient (Wildman–Crippen LogP) is 5.75. The number of alkyl halides is 3. The van der Waals surface area contributed by atoms with Crippen molar-refractivity contribution in [3.63, 3.8) is 0 Å². The van der Waals surface area contributed by atoms with Crippen molar-refractivity contribution >= 4 is 57.3 Å². The number of amides is 1. The minimum Gasteiger partial charge on any atom is -0.470 e. The van der Waals surface area contributed by atoms with Crippen LogP contribution in [0.25, 0.3) is 21.3 Å². The van der Waals surface area contributed by atoms with E-state index in [2.05, 4.69) is 21.8 Å². The van der Waals surface area contributed by atoms with Crippen molar-refractivity contribution < 1.29 is 22.7 Å². The molecule has 3 aromatic heterocycles. The third-order valence-corrected chi connectivity index (χ3v) is 10.1. The Bertz CT molecular complexity index is 1800. The van der Waals surface area contributed by atoms with Gasteiger partial charge in [-0.1, -0.05) is 18.2 Å². The Labute approximate surface area is 263 Å². The summed E-state index contributed by atoms with van der Waals surface area (Å²) >= 11 is 8.47. The van der Waals surface area contributed by atoms with Gasteiger partial charge in [-0.05, 0) is 38.1 Å². The van der Waals surface area contributed by atoms with Crippen molar-refractivity contribution in [3.05, 3.63) is 69.6 Å². The molecule has 2 aliphatic heterocycles. The highest BCUT2D eigenvalue weighted by Gasteiger charge is 2.40. The van der Waals surface area contributed by atoms with E-state index in [4.69, 9.17) is 16.3 Å². The summed E-state index contributed by atoms with van der Waals surface area (Å²) in [5, 5.41) is 9.87. The molecule has 1 aromatic carbocycles. The van der Waals surface area contributed by atoms with Gasteiger partial charge in [0.25, 0.3) is 0 Å². The number of thioether (sulfide) groups is 1. The van der Waals surface area contributed by atoms with E-state index in [1.54, 1.807) is 27.3 Å². The number of benzene rings is 1. The van der Waals surface area contributed by atoms with Gasteiger partial charge in [0.2, 0.25) is 11.8 Å². The number of carbonyl (C=O) groups is 1. The number of aromatic nitrogens is 4. The lowest BCUT2D eigenvalue weighted by atomic mass is 10.0. The van der Waals surface area contributed by atoms with Gasteiger partial charge in [-0.25, -0.2) is 4.79 Å². The number of hydrogen-bond acceptors (Lipinski definition) is 9. The lowest BCUT2D eigenvalue weighted by Crippen LogP contribution is -2.58. The molecule has 0 saturated carbocycles. The Morgan fingerprint density at radius 3 is 2.57 bits per heavy atom. The number of halogens is 4. The van der Waals surface area contributed by atoms with Gasteiger partial charge in [0.05, 0.1) is 22.6 Å². The topological polar surface area (TPSA) is 93.5 Å². The van der Waals surface area contributed by atoms with Gasteiger partial charge in [0.15, 0.2) is 0 Å². The largest absolute Gasteiger partial charge is 0.470 e. The van der Waals surface area contributed by atoms with Gasteiger partial charge in [0, 0.05) is 69.3 Å². The van der Waals surface area contributed by atoms with E-state index in [-0.39, 0.29) is 66.0 Å². The SMILES string of the molecule is C=CC(=O)N1[C@H](C)CN(c2nc(=O)n3c4c(c(-c5cc(Cl)cs5)c(C(F)(F)F)cc24)SC[C@@H](Oc2cccnn2)C3)C[C@@H]1C. The minimum atomic E-state index is -4.73. The number of ether oxygens (including phenoxy) is 1. The van der Waals surface area contributed by atoms with Crippen LogP contribution in [0.5, 0.6) is 5.88 Å². The van der Waals surface area contributed by atoms with Gasteiger partial charge in [-0.3, -0.25) is 9.36 Å². The predicted molar refractivity (Wildman–Crippen MR) is 165 cm³/mol. The smallest absolute Gasteiger partial charge is 0.417 e. The van der Waals surface area contributed by atoms with E-state index in [0.717, 1.165) is 17.4 Å². The van der Waals surface area contributed by atoms with Crippen molar-refractivity contribution in [1.82, 2.24) is 24.6 Å². The molecule has 1 fully saturated rings. The van der Waals surface area contributed by atoms with E-state index in [1.165, 1.54) is 34.7 Å². The van der Waals surface area contributed by atoms with Gasteiger partial charge < -0.3 is 14.5 Å². The molecule has 2 aliphatic rings. The molecule has 44 heavy (non-hydrogen) atoms. The van der Waals surface area contributed by atoms with Crippen molar-refractivity contribution in [2.75, 3.05) is 23.7 Å². The van der Waals surface area contributed by atoms with Crippen LogP contribution < -0.4 is 15.3 Å². The number of nitrogens with zero attached hydrogens (tertiary/aromatic N) is 6. The zero-order valence-corrected chi connectivity index (χ0v) is 25.9. The molecule has 0 unspecified atom stereocenters. The van der Waals surface area contributed by atoms with Gasteiger partial charge >= 0.3 is 11.9 Å². The molecule has 9 nitrogen and oxygen atoms in total. The molecule has 0 spiro atoms. The molecule has 6 rings (SSSR count). The number of carbonyl (C=O) groups excluding carboxylic acids is 1. The second-order valence-electron chi connectivity index (χ2n) is 10.6. The summed E-state index contributed by atoms with van der Waals surface area (Å²) in [6.07, 6.45) is -2.62. The molecule has 4 aromatic rings. The summed E-state index contributed by atoms with van der Waals surface area (Å²) in [5.41, 5.74) is -1.17. The summed E-state index contributed by atoms with van der Waals surface area (Å²) in [6.45, 7) is 7.83. The fourth-order valence-electron chi connectivity index (χ4n) is 5.92. The summed E-state index contributed by atoms with van der Waals surface area (Å²) < 4.78 is 52.1. The van der Waals surface area contributed by atoms with Crippen molar-refractivity contribution in [1.29, 1.82) is 0 Å². The van der Waals surface area contributed by atoms with Crippen LogP contribution in [-0.2, 0) is 17.5 Å². The van der Waals surface area contributed by atoms with Crippen LogP contribution in [0.2, 0.25) is 5.02 Å². The highest BCUT2D eigenvalue weighted by molar-refractivity contribution is 7.99. The highest BCUT2D eigenvalue weighted by atomic mass is 35.5. The Balaban J connectivity index is 1.58. The van der Waals surface area contributed by atoms with Crippen LogP contribution in [0, 0.1) is 0 Å². The van der Waals surface area contributed by atoms with Gasteiger partial charge in [0.1, 0.15) is 11.9 Å². The molecular weight excluding hydrogens is 637 g/mol. The monoisotopic (exact) mass is 662 g/mol. The third kappa shape index (κ3) is 5.54. The molecule has 15 heteroatoms. The number of hydrogen-bond donors (Lipinski definition) is 0. The lowest BCUT2D eigenvalue weighted by molar-refractivity contribution is -0.137. The maximum absolute atomic E-state index is 14.9. The molecule has 3 atom stereocenters. The molecule has 5 heterocycles. The second kappa shape index (κ2) is 11.7. The van der Waals surface area contributed by atoms with Crippen molar-refractivity contribution in [2.24, 2.45) is 0 Å². The molecule has 230 valence electrons. The maximum atomic E-state index is 14.9. The summed E-state index contributed by atoms with van der Waals surface area (Å²) in [5.74, 6) is 0.359. The fourth-order valence-corrected chi connectivity index (χ4v) is 8.37. The second-order valence-corrected chi connectivity index (χ2v) is 13.0. The van der Waals surface area contributed by atoms with Crippen molar-refractivity contribution in [3.8, 4) is 16.3 Å². The Kier molecular flexibility index (Phi) is 8.09. The van der Waals surface area contributed by atoms with E-state index >= 15 is 0 Å². The molecule has 0 aliphatic carbocycles. The molecule has 1 amide bonds. The summed E-state index contributed by atoms with van der Waals surface area (Å²) in [4.78, 5) is 34.8. The first-order valence-corrected chi connectivity index (χ1v) is 15.9. The number of piperazine rings is 1. The molecular formula is C29H26ClF3N6O3S2. The number of anilines is 1. The van der Waals surface area contributed by atoms with E-state index in [9.17, 15) is 22.8 Å². The van der Waals surface area contributed by atoms with Crippen LogP contribution in [-0.4, -0.2) is 67.6 Å². The Morgan fingerprint density at radius 2 is 1.95 bits per heavy atom. The maximum Gasteiger partial charge on any atom is 0.417 e. The lowest BCUT2D eigenvalue weighted by Gasteiger charge is -2.44. The zero-order valence-electron chi connectivity index (χ0n) is 23.5. The van der Waals surface area contributed by atoms with Crippen LogP contribution in [0.4, 0.5) is 19.0 Å². The van der Waals surface area contributed by atoms with Crippen LogP contribution in [0.3, 0.4) is 0 Å². The first kappa shape index (κ1) is 30.4. The minimum absolute atomic E-state index is 0.0314. The van der Waals surface area contributed by atoms with Gasteiger partial charge in [-0.2, -0.15) is 23.3 Å². The van der Waals surface area contributed by atoms with Gasteiger partial charge in [-0.15, -0.1) is 28.2 Å². The number of thiophene rings is 1. The molecule has 0 bridgehead atoms. The van der Waals surface area contributed by atoms with Crippen LogP contribution >= 0.6 is 34.7 Å². The average molecular weight is 663 g/mol. The third-order valence-electron chi connectivity index (χ3n) is 7.60. The summed E-state index contributed by atoms with van der Waals surface area (Å²) in [7, 11) is 0. The fraction of sp³-hybridized carbons (Fsp3) is 0.345. The zero-order chi connectivity index (χ0) is 31.3. The van der Waals surface area contributed by atoms with Crippen molar-refractivity contribution in [2.45, 2.75) is 49.7 Å². The standard InChI is InChI=1S/C29H26ClF3N6O3S2/c1-4-23(40)39-15(2)10-37(11-16(39)3)27-19-9-20(29(31,32)33)24(21-8-17(30)13-43-21)26-25(19)38(28(41)35-27)12-18(14-44-26)42-22-6-5-7-34-36-22/h4-9,13,15-16,18H,1,10-12,14H2,2-3H3/t15-,16+,18-/m0/s1. The van der Waals surface area contributed by atoms with E-state index < -0.39 is 23.5 Å².